The molecule has 1 rings (SSSR count). The highest BCUT2D eigenvalue weighted by molar-refractivity contribution is 5.76. The summed E-state index contributed by atoms with van der Waals surface area (Å²) in [5, 5.41) is 12.3. The lowest BCUT2D eigenvalue weighted by Crippen LogP contribution is -2.37. The molecule has 1 unspecified atom stereocenters. The van der Waals surface area contributed by atoms with Gasteiger partial charge < -0.3 is 15.2 Å². The lowest BCUT2D eigenvalue weighted by molar-refractivity contribution is -0.124. The van der Waals surface area contributed by atoms with Crippen LogP contribution in [0.4, 0.5) is 0 Å². The van der Waals surface area contributed by atoms with E-state index in [4.69, 9.17) is 4.74 Å². The van der Waals surface area contributed by atoms with E-state index in [1.165, 1.54) is 0 Å². The van der Waals surface area contributed by atoms with E-state index in [0.29, 0.717) is 25.0 Å². The third-order valence-electron chi connectivity index (χ3n) is 3.23. The number of carbonyl (C=O) groups is 1. The molecule has 4 nitrogen and oxygen atoms in total. The van der Waals surface area contributed by atoms with E-state index in [1.54, 1.807) is 0 Å². The van der Waals surface area contributed by atoms with Crippen LogP contribution < -0.4 is 5.32 Å². The summed E-state index contributed by atoms with van der Waals surface area (Å²) in [6.45, 7) is 5.16. The van der Waals surface area contributed by atoms with Crippen LogP contribution in [0.3, 0.4) is 0 Å². The number of aliphatic hydroxyl groups is 1. The van der Waals surface area contributed by atoms with Gasteiger partial charge >= 0.3 is 0 Å². The quantitative estimate of drug-likeness (QED) is 0.678. The maximum atomic E-state index is 11.6. The highest BCUT2D eigenvalue weighted by Gasteiger charge is 2.30. The molecular weight excluding hydrogens is 218 g/mol. The molecule has 0 heterocycles. The zero-order chi connectivity index (χ0) is 12.7. The monoisotopic (exact) mass is 243 g/mol. The SMILES string of the molecule is CCCC(O)CNC(=O)CC1CC(OCC)C1. The minimum atomic E-state index is -0.401. The standard InChI is InChI=1S/C13H25NO3/c1-3-5-11(15)9-14-13(16)8-10-6-12(7-10)17-4-2/h10-12,15H,3-9H2,1-2H3,(H,14,16). The molecule has 17 heavy (non-hydrogen) atoms. The van der Waals surface area contributed by atoms with Crippen LogP contribution in [0, 0.1) is 5.92 Å². The van der Waals surface area contributed by atoms with Gasteiger partial charge in [-0.25, -0.2) is 0 Å². The molecule has 1 amide bonds. The summed E-state index contributed by atoms with van der Waals surface area (Å²) < 4.78 is 5.45. The van der Waals surface area contributed by atoms with Crippen molar-refractivity contribution >= 4 is 5.91 Å². The first-order chi connectivity index (χ1) is 8.15. The highest BCUT2D eigenvalue weighted by atomic mass is 16.5. The second kappa shape index (κ2) is 7.67. The van der Waals surface area contributed by atoms with Gasteiger partial charge in [-0.3, -0.25) is 4.79 Å². The summed E-state index contributed by atoms with van der Waals surface area (Å²) in [4.78, 5) is 11.6. The number of rotatable bonds is 8. The van der Waals surface area contributed by atoms with Crippen molar-refractivity contribution in [3.63, 3.8) is 0 Å². The summed E-state index contributed by atoms with van der Waals surface area (Å²) in [5.41, 5.74) is 0. The number of aliphatic hydroxyl groups excluding tert-OH is 1. The summed E-state index contributed by atoms with van der Waals surface area (Å²) >= 11 is 0. The van der Waals surface area contributed by atoms with Crippen LogP contribution in [0.2, 0.25) is 0 Å². The van der Waals surface area contributed by atoms with Crippen LogP contribution in [0.1, 0.15) is 46.0 Å². The number of carbonyl (C=O) groups excluding carboxylic acids is 1. The molecule has 1 saturated carbocycles. The van der Waals surface area contributed by atoms with Gasteiger partial charge in [0.2, 0.25) is 5.91 Å². The van der Waals surface area contributed by atoms with Crippen LogP contribution in [0.15, 0.2) is 0 Å². The van der Waals surface area contributed by atoms with E-state index in [9.17, 15) is 9.90 Å². The molecular formula is C13H25NO3. The molecule has 0 bridgehead atoms. The molecule has 4 heteroatoms. The van der Waals surface area contributed by atoms with Gasteiger partial charge in [0.15, 0.2) is 0 Å². The Labute approximate surface area is 104 Å². The Balaban J connectivity index is 2.03. The van der Waals surface area contributed by atoms with E-state index < -0.39 is 6.10 Å². The number of hydrogen-bond donors (Lipinski definition) is 2. The summed E-state index contributed by atoms with van der Waals surface area (Å²) in [7, 11) is 0. The fraction of sp³-hybridized carbons (Fsp3) is 0.923. The summed E-state index contributed by atoms with van der Waals surface area (Å²) in [5.74, 6) is 0.523. The van der Waals surface area contributed by atoms with E-state index >= 15 is 0 Å². The van der Waals surface area contributed by atoms with Crippen molar-refractivity contribution in [2.45, 2.75) is 58.2 Å². The number of amides is 1. The highest BCUT2D eigenvalue weighted by Crippen LogP contribution is 2.32. The Morgan fingerprint density at radius 3 is 2.76 bits per heavy atom. The van der Waals surface area contributed by atoms with E-state index in [1.807, 2.05) is 13.8 Å². The molecule has 0 spiro atoms. The molecule has 0 saturated heterocycles. The van der Waals surface area contributed by atoms with Gasteiger partial charge in [-0.05, 0) is 32.1 Å². The Morgan fingerprint density at radius 1 is 1.47 bits per heavy atom. The Kier molecular flexibility index (Phi) is 6.52. The molecule has 1 atom stereocenters. The zero-order valence-corrected chi connectivity index (χ0v) is 10.9. The second-order valence-corrected chi connectivity index (χ2v) is 4.87. The van der Waals surface area contributed by atoms with Crippen molar-refractivity contribution in [3.8, 4) is 0 Å². The smallest absolute Gasteiger partial charge is 0.220 e. The number of ether oxygens (including phenoxy) is 1. The predicted molar refractivity (Wildman–Crippen MR) is 66.7 cm³/mol. The van der Waals surface area contributed by atoms with Crippen LogP contribution in [-0.2, 0) is 9.53 Å². The van der Waals surface area contributed by atoms with E-state index in [-0.39, 0.29) is 5.91 Å². The second-order valence-electron chi connectivity index (χ2n) is 4.87. The van der Waals surface area contributed by atoms with Gasteiger partial charge in [0.25, 0.3) is 0 Å². The molecule has 0 aromatic carbocycles. The first-order valence-corrected chi connectivity index (χ1v) is 6.72. The molecule has 2 N–H and O–H groups in total. The number of hydrogen-bond acceptors (Lipinski definition) is 3. The van der Waals surface area contributed by atoms with Crippen molar-refractivity contribution in [2.75, 3.05) is 13.2 Å². The predicted octanol–water partition coefficient (Wildman–Crippen LogP) is 1.47. The molecule has 0 aromatic rings. The molecule has 1 aliphatic rings. The maximum Gasteiger partial charge on any atom is 0.220 e. The van der Waals surface area contributed by atoms with Crippen LogP contribution in [0.5, 0.6) is 0 Å². The van der Waals surface area contributed by atoms with Crippen LogP contribution >= 0.6 is 0 Å². The molecule has 1 aliphatic carbocycles. The minimum absolute atomic E-state index is 0.0556. The van der Waals surface area contributed by atoms with Crippen LogP contribution in [0.25, 0.3) is 0 Å². The maximum absolute atomic E-state index is 11.6. The number of nitrogens with one attached hydrogen (secondary N) is 1. The molecule has 0 aliphatic heterocycles. The third kappa shape index (κ3) is 5.50. The zero-order valence-electron chi connectivity index (χ0n) is 10.9. The van der Waals surface area contributed by atoms with Gasteiger partial charge in [-0.15, -0.1) is 0 Å². The van der Waals surface area contributed by atoms with Crippen molar-refractivity contribution in [1.29, 1.82) is 0 Å². The fourth-order valence-corrected chi connectivity index (χ4v) is 2.21. The van der Waals surface area contributed by atoms with Crippen molar-refractivity contribution in [1.82, 2.24) is 5.32 Å². The fourth-order valence-electron chi connectivity index (χ4n) is 2.21. The van der Waals surface area contributed by atoms with Gasteiger partial charge in [-0.1, -0.05) is 13.3 Å². The topological polar surface area (TPSA) is 58.6 Å². The first kappa shape index (κ1) is 14.5. The van der Waals surface area contributed by atoms with Crippen LogP contribution in [-0.4, -0.2) is 36.4 Å². The van der Waals surface area contributed by atoms with Gasteiger partial charge in [-0.2, -0.15) is 0 Å². The Bertz CT molecular complexity index is 227. The normalized spacial score (nSPS) is 25.1. The largest absolute Gasteiger partial charge is 0.391 e. The first-order valence-electron chi connectivity index (χ1n) is 6.72. The van der Waals surface area contributed by atoms with Crippen molar-refractivity contribution in [2.24, 2.45) is 5.92 Å². The van der Waals surface area contributed by atoms with E-state index in [2.05, 4.69) is 5.32 Å². The van der Waals surface area contributed by atoms with Gasteiger partial charge in [0, 0.05) is 19.6 Å². The summed E-state index contributed by atoms with van der Waals surface area (Å²) in [6, 6.07) is 0. The van der Waals surface area contributed by atoms with Gasteiger partial charge in [0.1, 0.15) is 0 Å². The van der Waals surface area contributed by atoms with Gasteiger partial charge in [0.05, 0.1) is 12.2 Å². The minimum Gasteiger partial charge on any atom is -0.391 e. The van der Waals surface area contributed by atoms with E-state index in [0.717, 1.165) is 32.3 Å². The molecule has 100 valence electrons. The van der Waals surface area contributed by atoms with Crippen molar-refractivity contribution < 1.29 is 14.6 Å². The molecule has 0 aromatic heterocycles. The lowest BCUT2D eigenvalue weighted by atomic mass is 9.80. The third-order valence-corrected chi connectivity index (χ3v) is 3.23. The Hall–Kier alpha value is -0.610. The average Bonchev–Trinajstić information content (AvgIpc) is 2.24. The van der Waals surface area contributed by atoms with Crippen molar-refractivity contribution in [3.05, 3.63) is 0 Å². The lowest BCUT2D eigenvalue weighted by Gasteiger charge is -2.34. The summed E-state index contributed by atoms with van der Waals surface area (Å²) in [6.07, 6.45) is 4.22. The molecule has 1 fully saturated rings. The average molecular weight is 243 g/mol. The molecule has 0 radical (unpaired) electrons. The Morgan fingerprint density at radius 2 is 2.18 bits per heavy atom.